The molecule has 2 heterocycles. The van der Waals surface area contributed by atoms with Crippen LogP contribution in [-0.2, 0) is 10.5 Å². The predicted molar refractivity (Wildman–Crippen MR) is 100 cm³/mol. The fourth-order valence-corrected chi connectivity index (χ4v) is 3.64. The van der Waals surface area contributed by atoms with Gasteiger partial charge >= 0.3 is 0 Å². The molecule has 0 aliphatic carbocycles. The summed E-state index contributed by atoms with van der Waals surface area (Å²) < 4.78 is 20.5. The lowest BCUT2D eigenvalue weighted by atomic mass is 10.0. The first-order valence-corrected chi connectivity index (χ1v) is 9.70. The Labute approximate surface area is 151 Å². The molecule has 1 saturated heterocycles. The van der Waals surface area contributed by atoms with E-state index in [9.17, 15) is 4.39 Å². The van der Waals surface area contributed by atoms with Gasteiger partial charge in [0, 0.05) is 36.2 Å². The highest BCUT2D eigenvalue weighted by atomic mass is 32.2. The molecule has 0 saturated carbocycles. The average Bonchev–Trinajstić information content (AvgIpc) is 2.80. The topological polar surface area (TPSA) is 64.3 Å². The average molecular weight is 362 g/mol. The van der Waals surface area contributed by atoms with Crippen molar-refractivity contribution in [3.8, 4) is 0 Å². The number of hydrogen-bond acceptors (Lipinski definition) is 6. The molecule has 0 bridgehead atoms. The van der Waals surface area contributed by atoms with Crippen molar-refractivity contribution in [3.63, 3.8) is 0 Å². The highest BCUT2D eigenvalue weighted by Gasteiger charge is 2.27. The molecular formula is C18H23FN4OS. The van der Waals surface area contributed by atoms with E-state index in [1.807, 2.05) is 31.4 Å². The maximum absolute atomic E-state index is 14.8. The summed E-state index contributed by atoms with van der Waals surface area (Å²) in [6.07, 6.45) is 2.86. The van der Waals surface area contributed by atoms with Crippen LogP contribution in [0.5, 0.6) is 0 Å². The van der Waals surface area contributed by atoms with Crippen molar-refractivity contribution in [1.29, 1.82) is 0 Å². The van der Waals surface area contributed by atoms with E-state index in [4.69, 9.17) is 10.5 Å². The number of halogens is 1. The molecule has 0 spiro atoms. The molecule has 1 unspecified atom stereocenters. The highest BCUT2D eigenvalue weighted by molar-refractivity contribution is 7.97. The van der Waals surface area contributed by atoms with Gasteiger partial charge < -0.3 is 15.4 Å². The van der Waals surface area contributed by atoms with Crippen molar-refractivity contribution in [2.45, 2.75) is 25.1 Å². The Morgan fingerprint density at radius 2 is 2.20 bits per heavy atom. The zero-order valence-electron chi connectivity index (χ0n) is 14.5. The van der Waals surface area contributed by atoms with Gasteiger partial charge in [0.25, 0.3) is 0 Å². The lowest BCUT2D eigenvalue weighted by Gasteiger charge is -2.31. The van der Waals surface area contributed by atoms with E-state index in [0.29, 0.717) is 24.6 Å². The largest absolute Gasteiger partial charge is 0.379 e. The molecule has 0 amide bonds. The van der Waals surface area contributed by atoms with E-state index >= 15 is 0 Å². The van der Waals surface area contributed by atoms with Gasteiger partial charge in [-0.05, 0) is 31.2 Å². The number of ether oxygens (including phenoxy) is 1. The first-order valence-electron chi connectivity index (χ1n) is 8.31. The van der Waals surface area contributed by atoms with Crippen LogP contribution in [0.15, 0.2) is 24.3 Å². The smallest absolute Gasteiger partial charge is 0.222 e. The summed E-state index contributed by atoms with van der Waals surface area (Å²) in [5.74, 6) is 1.54. The Balaban J connectivity index is 1.98. The fraction of sp³-hybridized carbons (Fsp3) is 0.444. The van der Waals surface area contributed by atoms with Gasteiger partial charge in [0.05, 0.1) is 12.6 Å². The molecule has 1 aliphatic heterocycles. The molecule has 3 rings (SSSR count). The van der Waals surface area contributed by atoms with Crippen LogP contribution in [0.1, 0.15) is 29.3 Å². The van der Waals surface area contributed by atoms with Gasteiger partial charge in [0.1, 0.15) is 11.6 Å². The number of aromatic nitrogens is 2. The number of rotatable bonds is 4. The van der Waals surface area contributed by atoms with E-state index in [2.05, 4.69) is 14.9 Å². The van der Waals surface area contributed by atoms with Gasteiger partial charge in [-0.1, -0.05) is 12.1 Å². The molecular weight excluding hydrogens is 339 g/mol. The summed E-state index contributed by atoms with van der Waals surface area (Å²) >= 11 is 1.68. The van der Waals surface area contributed by atoms with Crippen molar-refractivity contribution in [3.05, 3.63) is 46.9 Å². The van der Waals surface area contributed by atoms with E-state index in [0.717, 1.165) is 30.0 Å². The van der Waals surface area contributed by atoms with E-state index < -0.39 is 0 Å². The van der Waals surface area contributed by atoms with Crippen LogP contribution in [0, 0.1) is 12.7 Å². The number of thioether (sulfide) groups is 1. The van der Waals surface area contributed by atoms with Crippen LogP contribution in [-0.4, -0.2) is 36.0 Å². The van der Waals surface area contributed by atoms with Crippen LogP contribution in [0.4, 0.5) is 16.2 Å². The van der Waals surface area contributed by atoms with Crippen molar-refractivity contribution >= 4 is 23.5 Å². The van der Waals surface area contributed by atoms with Gasteiger partial charge in [0.15, 0.2) is 0 Å². The molecule has 1 aromatic heterocycles. The molecule has 25 heavy (non-hydrogen) atoms. The molecule has 5 nitrogen and oxygen atoms in total. The Kier molecular flexibility index (Phi) is 5.75. The monoisotopic (exact) mass is 362 g/mol. The highest BCUT2D eigenvalue weighted by Crippen LogP contribution is 2.31. The van der Waals surface area contributed by atoms with Crippen molar-refractivity contribution < 1.29 is 9.13 Å². The third-order valence-corrected chi connectivity index (χ3v) is 4.85. The quantitative estimate of drug-likeness (QED) is 0.900. The first-order chi connectivity index (χ1) is 12.1. The summed E-state index contributed by atoms with van der Waals surface area (Å²) in [7, 11) is 0. The lowest BCUT2D eigenvalue weighted by Crippen LogP contribution is -2.32. The fourth-order valence-electron chi connectivity index (χ4n) is 3.13. The second kappa shape index (κ2) is 8.01. The van der Waals surface area contributed by atoms with Crippen LogP contribution in [0.3, 0.4) is 0 Å². The summed E-state index contributed by atoms with van der Waals surface area (Å²) in [5.41, 5.74) is 8.22. The van der Waals surface area contributed by atoms with Gasteiger partial charge in [-0.2, -0.15) is 16.7 Å². The zero-order chi connectivity index (χ0) is 17.8. The summed E-state index contributed by atoms with van der Waals surface area (Å²) in [4.78, 5) is 10.6. The van der Waals surface area contributed by atoms with Crippen molar-refractivity contribution in [2.75, 3.05) is 36.6 Å². The van der Waals surface area contributed by atoms with Crippen LogP contribution in [0.2, 0.25) is 0 Å². The number of nitrogens with zero attached hydrogens (tertiary/aromatic N) is 3. The van der Waals surface area contributed by atoms with E-state index in [1.165, 1.54) is 0 Å². The number of nitrogen functional groups attached to an aromatic ring is 1. The van der Waals surface area contributed by atoms with Gasteiger partial charge in [-0.3, -0.25) is 0 Å². The molecule has 1 aliphatic rings. The molecule has 2 N–H and O–H groups in total. The Bertz CT molecular complexity index is 723. The molecule has 1 aromatic carbocycles. The minimum absolute atomic E-state index is 0.203. The van der Waals surface area contributed by atoms with Crippen LogP contribution >= 0.6 is 11.8 Å². The Hall–Kier alpha value is -1.86. The maximum atomic E-state index is 14.8. The molecule has 2 aromatic rings. The van der Waals surface area contributed by atoms with Crippen molar-refractivity contribution in [1.82, 2.24) is 9.97 Å². The summed E-state index contributed by atoms with van der Waals surface area (Å²) in [6.45, 7) is 3.68. The minimum Gasteiger partial charge on any atom is -0.379 e. The lowest BCUT2D eigenvalue weighted by molar-refractivity contribution is 0.133. The molecule has 7 heteroatoms. The van der Waals surface area contributed by atoms with E-state index in [-0.39, 0.29) is 17.8 Å². The van der Waals surface area contributed by atoms with Crippen LogP contribution < -0.4 is 10.6 Å². The van der Waals surface area contributed by atoms with E-state index in [1.54, 1.807) is 17.8 Å². The van der Waals surface area contributed by atoms with Gasteiger partial charge in [-0.25, -0.2) is 9.37 Å². The third kappa shape index (κ3) is 4.22. The molecule has 134 valence electrons. The Morgan fingerprint density at radius 1 is 1.36 bits per heavy atom. The maximum Gasteiger partial charge on any atom is 0.222 e. The summed E-state index contributed by atoms with van der Waals surface area (Å²) in [6, 6.07) is 7.12. The predicted octanol–water partition coefficient (Wildman–Crippen LogP) is 3.34. The standard InChI is InChI=1S/C18H23FN4OS/c1-12-8-17(22-18(20)21-12)23-6-3-7-24-10-16(23)14-5-4-13(11-25-2)9-15(14)19/h4-5,8-9,16H,3,6-7,10-11H2,1-2H3,(H2,20,21,22). The number of aryl methyl sites for hydroxylation is 1. The molecule has 1 atom stereocenters. The first kappa shape index (κ1) is 17.9. The third-order valence-electron chi connectivity index (χ3n) is 4.23. The zero-order valence-corrected chi connectivity index (χ0v) is 15.4. The minimum atomic E-state index is -0.237. The normalized spacial score (nSPS) is 18.2. The number of benzene rings is 1. The van der Waals surface area contributed by atoms with Gasteiger partial charge in [0.2, 0.25) is 5.95 Å². The SMILES string of the molecule is CSCc1ccc(C2COCCCN2c2cc(C)nc(N)n2)c(F)c1. The number of anilines is 2. The number of nitrogens with two attached hydrogens (primary N) is 1. The second-order valence-electron chi connectivity index (χ2n) is 6.15. The second-order valence-corrected chi connectivity index (χ2v) is 7.02. The van der Waals surface area contributed by atoms with Gasteiger partial charge in [-0.15, -0.1) is 0 Å². The van der Waals surface area contributed by atoms with Crippen LogP contribution in [0.25, 0.3) is 0 Å². The summed E-state index contributed by atoms with van der Waals surface area (Å²) in [5, 5.41) is 0. The number of hydrogen-bond donors (Lipinski definition) is 1. The van der Waals surface area contributed by atoms with Crippen molar-refractivity contribution in [2.24, 2.45) is 0 Å². The molecule has 0 radical (unpaired) electrons. The molecule has 1 fully saturated rings. The Morgan fingerprint density at radius 3 is 2.92 bits per heavy atom.